The number of amides is 2. The highest BCUT2D eigenvalue weighted by molar-refractivity contribution is 5.94. The zero-order chi connectivity index (χ0) is 16.0. The molecular weight excluding hydrogens is 268 g/mol. The van der Waals surface area contributed by atoms with Crippen molar-refractivity contribution in [3.63, 3.8) is 0 Å². The third-order valence-corrected chi connectivity index (χ3v) is 3.02. The van der Waals surface area contributed by atoms with Crippen LogP contribution >= 0.6 is 0 Å². The number of nitrogens with zero attached hydrogens (tertiary/aromatic N) is 1. The van der Waals surface area contributed by atoms with Crippen molar-refractivity contribution < 1.29 is 9.59 Å². The number of benzene rings is 1. The van der Waals surface area contributed by atoms with E-state index in [1.165, 1.54) is 0 Å². The second-order valence-corrected chi connectivity index (χ2v) is 5.60. The van der Waals surface area contributed by atoms with E-state index in [0.29, 0.717) is 23.8 Å². The molecular formula is C15H24N4O2. The van der Waals surface area contributed by atoms with Crippen LogP contribution in [0.25, 0.3) is 0 Å². The highest BCUT2D eigenvalue weighted by Gasteiger charge is 2.15. The van der Waals surface area contributed by atoms with Gasteiger partial charge in [0.05, 0.1) is 13.1 Å². The Morgan fingerprint density at radius 3 is 2.52 bits per heavy atom. The van der Waals surface area contributed by atoms with Gasteiger partial charge >= 0.3 is 0 Å². The maximum atomic E-state index is 12.1. The number of carbonyl (C=O) groups is 2. The van der Waals surface area contributed by atoms with Crippen LogP contribution in [0, 0.1) is 12.8 Å². The first-order valence-electron chi connectivity index (χ1n) is 6.95. The van der Waals surface area contributed by atoms with Gasteiger partial charge < -0.3 is 16.8 Å². The fourth-order valence-corrected chi connectivity index (χ4v) is 2.10. The monoisotopic (exact) mass is 292 g/mol. The number of carbonyl (C=O) groups excluding carboxylic acids is 2. The summed E-state index contributed by atoms with van der Waals surface area (Å²) in [5.74, 6) is -0.291. The molecule has 0 saturated carbocycles. The molecule has 21 heavy (non-hydrogen) atoms. The summed E-state index contributed by atoms with van der Waals surface area (Å²) in [6.45, 7) is 6.71. The molecule has 5 N–H and O–H groups in total. The molecule has 0 saturated heterocycles. The lowest BCUT2D eigenvalue weighted by Crippen LogP contribution is -2.41. The largest absolute Gasteiger partial charge is 0.398 e. The van der Waals surface area contributed by atoms with E-state index in [9.17, 15) is 9.59 Å². The van der Waals surface area contributed by atoms with Crippen LogP contribution in [0.1, 0.15) is 19.4 Å². The van der Waals surface area contributed by atoms with Crippen molar-refractivity contribution in [2.75, 3.05) is 30.7 Å². The zero-order valence-electron chi connectivity index (χ0n) is 12.8. The van der Waals surface area contributed by atoms with Gasteiger partial charge in [0.25, 0.3) is 0 Å². The van der Waals surface area contributed by atoms with Crippen molar-refractivity contribution >= 4 is 23.2 Å². The number of anilines is 2. The van der Waals surface area contributed by atoms with Crippen LogP contribution in [0.15, 0.2) is 18.2 Å². The normalized spacial score (nSPS) is 10.9. The van der Waals surface area contributed by atoms with Crippen LogP contribution in [0.3, 0.4) is 0 Å². The lowest BCUT2D eigenvalue weighted by molar-refractivity contribution is -0.121. The van der Waals surface area contributed by atoms with Gasteiger partial charge in [0.2, 0.25) is 11.8 Å². The Kier molecular flexibility index (Phi) is 6.17. The van der Waals surface area contributed by atoms with Gasteiger partial charge in [-0.1, -0.05) is 19.9 Å². The first-order valence-corrected chi connectivity index (χ1v) is 6.95. The number of primary amides is 1. The summed E-state index contributed by atoms with van der Waals surface area (Å²) in [6.07, 6.45) is 0. The number of rotatable bonds is 7. The molecule has 1 rings (SSSR count). The Morgan fingerprint density at radius 1 is 1.29 bits per heavy atom. The Bertz CT molecular complexity index is 514. The predicted molar refractivity (Wildman–Crippen MR) is 84.7 cm³/mol. The summed E-state index contributed by atoms with van der Waals surface area (Å²) in [5, 5.41) is 2.82. The smallest absolute Gasteiger partial charge is 0.238 e. The van der Waals surface area contributed by atoms with Crippen LogP contribution in [0.4, 0.5) is 11.4 Å². The number of nitrogen functional groups attached to an aromatic ring is 1. The fraction of sp³-hybridized carbons (Fsp3) is 0.467. The number of nitrogens with one attached hydrogen (secondary N) is 1. The molecule has 0 heterocycles. The van der Waals surface area contributed by atoms with E-state index in [4.69, 9.17) is 11.5 Å². The van der Waals surface area contributed by atoms with Gasteiger partial charge in [-0.25, -0.2) is 0 Å². The van der Waals surface area contributed by atoms with Crippen LogP contribution in [0.2, 0.25) is 0 Å². The average Bonchev–Trinajstić information content (AvgIpc) is 2.33. The van der Waals surface area contributed by atoms with E-state index in [1.807, 2.05) is 20.8 Å². The van der Waals surface area contributed by atoms with Gasteiger partial charge in [-0.2, -0.15) is 0 Å². The van der Waals surface area contributed by atoms with Crippen molar-refractivity contribution in [1.29, 1.82) is 0 Å². The molecule has 116 valence electrons. The van der Waals surface area contributed by atoms with Gasteiger partial charge in [-0.3, -0.25) is 14.5 Å². The molecule has 0 aliphatic carbocycles. The summed E-state index contributed by atoms with van der Waals surface area (Å²) in [5.41, 5.74) is 13.2. The fourth-order valence-electron chi connectivity index (χ4n) is 2.10. The summed E-state index contributed by atoms with van der Waals surface area (Å²) >= 11 is 0. The van der Waals surface area contributed by atoms with E-state index >= 15 is 0 Å². The Labute approximate surface area is 125 Å². The topological polar surface area (TPSA) is 101 Å². The van der Waals surface area contributed by atoms with Crippen LogP contribution in [0.5, 0.6) is 0 Å². The summed E-state index contributed by atoms with van der Waals surface area (Å²) in [4.78, 5) is 24.9. The molecule has 0 atom stereocenters. The third-order valence-electron chi connectivity index (χ3n) is 3.02. The van der Waals surface area contributed by atoms with E-state index in [2.05, 4.69) is 5.32 Å². The van der Waals surface area contributed by atoms with E-state index in [1.54, 1.807) is 23.1 Å². The lowest BCUT2D eigenvalue weighted by atomic mass is 10.1. The van der Waals surface area contributed by atoms with Crippen molar-refractivity contribution in [2.45, 2.75) is 20.8 Å². The standard InChI is InChI=1S/C15H24N4O2/c1-10(2)7-19(8-14(17)20)9-15(21)18-13-6-4-5-12(16)11(13)3/h4-6,10H,7-9,16H2,1-3H3,(H2,17,20)(H,18,21). The third kappa shape index (κ3) is 5.83. The minimum absolute atomic E-state index is 0.0709. The molecule has 1 aromatic carbocycles. The average molecular weight is 292 g/mol. The lowest BCUT2D eigenvalue weighted by Gasteiger charge is -2.22. The maximum absolute atomic E-state index is 12.1. The van der Waals surface area contributed by atoms with Gasteiger partial charge in [0.1, 0.15) is 0 Å². The van der Waals surface area contributed by atoms with Crippen LogP contribution < -0.4 is 16.8 Å². The van der Waals surface area contributed by atoms with Gasteiger partial charge in [-0.05, 0) is 30.5 Å². The highest BCUT2D eigenvalue weighted by Crippen LogP contribution is 2.20. The second-order valence-electron chi connectivity index (χ2n) is 5.60. The zero-order valence-corrected chi connectivity index (χ0v) is 12.8. The first-order chi connectivity index (χ1) is 9.79. The maximum Gasteiger partial charge on any atom is 0.238 e. The summed E-state index contributed by atoms with van der Waals surface area (Å²) < 4.78 is 0. The molecule has 0 unspecified atom stereocenters. The minimum atomic E-state index is -0.441. The molecule has 0 bridgehead atoms. The van der Waals surface area contributed by atoms with Crippen molar-refractivity contribution in [2.24, 2.45) is 11.7 Å². The minimum Gasteiger partial charge on any atom is -0.398 e. The van der Waals surface area contributed by atoms with E-state index < -0.39 is 5.91 Å². The molecule has 0 aliphatic heterocycles. The molecule has 0 fully saturated rings. The summed E-state index contributed by atoms with van der Waals surface area (Å²) in [6, 6.07) is 5.36. The number of hydrogen-bond acceptors (Lipinski definition) is 4. The van der Waals surface area contributed by atoms with Gasteiger partial charge in [-0.15, -0.1) is 0 Å². The van der Waals surface area contributed by atoms with Crippen LogP contribution in [-0.2, 0) is 9.59 Å². The van der Waals surface area contributed by atoms with E-state index in [0.717, 1.165) is 5.56 Å². The van der Waals surface area contributed by atoms with Crippen LogP contribution in [-0.4, -0.2) is 36.3 Å². The number of nitrogens with two attached hydrogens (primary N) is 2. The first kappa shape index (κ1) is 17.0. The van der Waals surface area contributed by atoms with Crippen molar-refractivity contribution in [3.05, 3.63) is 23.8 Å². The molecule has 6 heteroatoms. The predicted octanol–water partition coefficient (Wildman–Crippen LogP) is 0.959. The molecule has 0 aromatic heterocycles. The van der Waals surface area contributed by atoms with E-state index in [-0.39, 0.29) is 19.0 Å². The molecule has 1 aromatic rings. The molecule has 0 radical (unpaired) electrons. The molecule has 0 spiro atoms. The second kappa shape index (κ2) is 7.64. The van der Waals surface area contributed by atoms with Crippen molar-refractivity contribution in [3.8, 4) is 0 Å². The summed E-state index contributed by atoms with van der Waals surface area (Å²) in [7, 11) is 0. The Balaban J connectivity index is 2.69. The quantitative estimate of drug-likeness (QED) is 0.651. The van der Waals surface area contributed by atoms with Gasteiger partial charge in [0, 0.05) is 17.9 Å². The SMILES string of the molecule is Cc1c(N)cccc1NC(=O)CN(CC(N)=O)CC(C)C. The molecule has 2 amide bonds. The van der Waals surface area contributed by atoms with Gasteiger partial charge in [0.15, 0.2) is 0 Å². The Morgan fingerprint density at radius 2 is 1.95 bits per heavy atom. The highest BCUT2D eigenvalue weighted by atomic mass is 16.2. The Hall–Kier alpha value is -2.08. The molecule has 0 aliphatic rings. The number of hydrogen-bond donors (Lipinski definition) is 3. The van der Waals surface area contributed by atoms with Crippen molar-refractivity contribution in [1.82, 2.24) is 4.90 Å². The molecule has 6 nitrogen and oxygen atoms in total.